The summed E-state index contributed by atoms with van der Waals surface area (Å²) in [5, 5.41) is 0. The number of nitrogens with one attached hydrogen (secondary N) is 1. The van der Waals surface area contributed by atoms with Crippen LogP contribution >= 0.6 is 12.2 Å². The molecule has 2 heterocycles. The van der Waals surface area contributed by atoms with Gasteiger partial charge in [0.2, 0.25) is 0 Å². The van der Waals surface area contributed by atoms with Crippen molar-refractivity contribution in [3.63, 3.8) is 0 Å². The normalized spacial score (nSPS) is 11.3. The summed E-state index contributed by atoms with van der Waals surface area (Å²) < 4.78 is 4.77. The van der Waals surface area contributed by atoms with Crippen LogP contribution in [0.5, 0.6) is 0 Å². The molecule has 7 heteroatoms. The van der Waals surface area contributed by atoms with Gasteiger partial charge in [-0.1, -0.05) is 13.3 Å². The highest BCUT2D eigenvalue weighted by atomic mass is 32.1. The molecule has 0 radical (unpaired) electrons. The van der Waals surface area contributed by atoms with Crippen molar-refractivity contribution in [1.82, 2.24) is 18.7 Å². The maximum atomic E-state index is 12.2. The highest BCUT2D eigenvalue weighted by Crippen LogP contribution is 2.09. The Morgan fingerprint density at radius 2 is 1.89 bits per heavy atom. The van der Waals surface area contributed by atoms with Crippen LogP contribution in [0.3, 0.4) is 0 Å². The summed E-state index contributed by atoms with van der Waals surface area (Å²) >= 11 is 5.22. The monoisotopic (exact) mass is 268 g/mol. The predicted octanol–water partition coefficient (Wildman–Crippen LogP) is 0.896. The molecule has 2 aromatic heterocycles. The molecule has 0 saturated carbocycles. The summed E-state index contributed by atoms with van der Waals surface area (Å²) in [4.78, 5) is 26.9. The van der Waals surface area contributed by atoms with E-state index in [2.05, 4.69) is 11.9 Å². The number of aromatic nitrogens is 4. The minimum atomic E-state index is -0.355. The van der Waals surface area contributed by atoms with Crippen molar-refractivity contribution in [1.29, 1.82) is 0 Å². The molecule has 6 nitrogen and oxygen atoms in total. The zero-order chi connectivity index (χ0) is 13.4. The minimum absolute atomic E-state index is 0.309. The predicted molar refractivity (Wildman–Crippen MR) is 72.5 cm³/mol. The van der Waals surface area contributed by atoms with Gasteiger partial charge in [-0.3, -0.25) is 13.9 Å². The topological polar surface area (TPSA) is 64.7 Å². The number of rotatable bonds is 3. The summed E-state index contributed by atoms with van der Waals surface area (Å²) in [6.07, 6.45) is 1.95. The van der Waals surface area contributed by atoms with Crippen LogP contribution in [0.1, 0.15) is 19.8 Å². The lowest BCUT2D eigenvalue weighted by Crippen LogP contribution is -2.37. The molecule has 1 N–H and O–H groups in total. The molecule has 2 rings (SSSR count). The van der Waals surface area contributed by atoms with E-state index < -0.39 is 0 Å². The van der Waals surface area contributed by atoms with Crippen molar-refractivity contribution in [3.05, 3.63) is 25.6 Å². The SMILES string of the molecule is CCCCn1c(=S)[nH]c2c1c(=O)n(C)c(=O)n2C. The van der Waals surface area contributed by atoms with E-state index in [4.69, 9.17) is 12.2 Å². The summed E-state index contributed by atoms with van der Waals surface area (Å²) in [6.45, 7) is 2.76. The van der Waals surface area contributed by atoms with Gasteiger partial charge in [0, 0.05) is 20.6 Å². The average molecular weight is 268 g/mol. The van der Waals surface area contributed by atoms with Gasteiger partial charge in [-0.25, -0.2) is 4.79 Å². The lowest BCUT2D eigenvalue weighted by Gasteiger charge is -2.05. The van der Waals surface area contributed by atoms with Gasteiger partial charge in [-0.15, -0.1) is 0 Å². The molecule has 0 aromatic carbocycles. The Balaban J connectivity index is 2.90. The fourth-order valence-corrected chi connectivity index (χ4v) is 2.29. The average Bonchev–Trinajstić information content (AvgIpc) is 2.68. The Labute approximate surface area is 108 Å². The first-order chi connectivity index (χ1) is 8.49. The molecular weight excluding hydrogens is 252 g/mol. The third-order valence-electron chi connectivity index (χ3n) is 3.12. The third kappa shape index (κ3) is 1.74. The minimum Gasteiger partial charge on any atom is -0.316 e. The Bertz CT molecular complexity index is 762. The molecule has 0 spiro atoms. The number of aryl methyl sites for hydroxylation is 2. The van der Waals surface area contributed by atoms with Crippen LogP contribution in [0.15, 0.2) is 9.59 Å². The van der Waals surface area contributed by atoms with Crippen LogP contribution in [0.2, 0.25) is 0 Å². The molecule has 0 bridgehead atoms. The van der Waals surface area contributed by atoms with Crippen molar-refractivity contribution in [3.8, 4) is 0 Å². The van der Waals surface area contributed by atoms with E-state index in [1.165, 1.54) is 11.6 Å². The van der Waals surface area contributed by atoms with Crippen LogP contribution in [-0.2, 0) is 20.6 Å². The largest absolute Gasteiger partial charge is 0.332 e. The highest BCUT2D eigenvalue weighted by Gasteiger charge is 2.14. The number of aromatic amines is 1. The van der Waals surface area contributed by atoms with Crippen LogP contribution in [0, 0.1) is 4.77 Å². The number of fused-ring (bicyclic) bond motifs is 1. The summed E-state index contributed by atoms with van der Waals surface area (Å²) in [7, 11) is 3.10. The molecule has 0 saturated heterocycles. The van der Waals surface area contributed by atoms with Crippen molar-refractivity contribution in [2.24, 2.45) is 14.1 Å². The Hall–Kier alpha value is -1.63. The second kappa shape index (κ2) is 4.56. The molecule has 0 aliphatic heterocycles. The van der Waals surface area contributed by atoms with Crippen LogP contribution < -0.4 is 11.2 Å². The van der Waals surface area contributed by atoms with Crippen molar-refractivity contribution in [2.75, 3.05) is 0 Å². The Morgan fingerprint density at radius 1 is 1.22 bits per heavy atom. The first kappa shape index (κ1) is 12.8. The zero-order valence-corrected chi connectivity index (χ0v) is 11.5. The molecular formula is C11H16N4O2S. The van der Waals surface area contributed by atoms with E-state index in [9.17, 15) is 9.59 Å². The number of imidazole rings is 1. The van der Waals surface area contributed by atoms with Gasteiger partial charge >= 0.3 is 5.69 Å². The first-order valence-corrected chi connectivity index (χ1v) is 6.28. The molecule has 98 valence electrons. The van der Waals surface area contributed by atoms with Crippen molar-refractivity contribution < 1.29 is 0 Å². The molecule has 0 atom stereocenters. The summed E-state index contributed by atoms with van der Waals surface area (Å²) in [5.41, 5.74) is 0.296. The number of H-pyrrole nitrogens is 1. The smallest absolute Gasteiger partial charge is 0.316 e. The standard InChI is InChI=1S/C11H16N4O2S/c1-4-5-6-15-7-8(12-10(15)18)13(2)11(17)14(3)9(7)16/h4-6H2,1-3H3,(H,12,18). The van der Waals surface area contributed by atoms with Gasteiger partial charge in [0.25, 0.3) is 5.56 Å². The van der Waals surface area contributed by atoms with Gasteiger partial charge < -0.3 is 9.55 Å². The maximum absolute atomic E-state index is 12.2. The van der Waals surface area contributed by atoms with E-state index in [1.54, 1.807) is 11.6 Å². The lowest BCUT2D eigenvalue weighted by molar-refractivity contribution is 0.632. The fourth-order valence-electron chi connectivity index (χ4n) is 2.01. The molecule has 18 heavy (non-hydrogen) atoms. The van der Waals surface area contributed by atoms with E-state index in [0.29, 0.717) is 22.5 Å². The maximum Gasteiger partial charge on any atom is 0.332 e. The molecule has 0 aliphatic carbocycles. The van der Waals surface area contributed by atoms with Gasteiger partial charge in [-0.2, -0.15) is 0 Å². The highest BCUT2D eigenvalue weighted by molar-refractivity contribution is 7.71. The molecule has 0 fully saturated rings. The van der Waals surface area contributed by atoms with E-state index in [0.717, 1.165) is 17.4 Å². The number of nitrogens with zero attached hydrogens (tertiary/aromatic N) is 3. The summed E-state index contributed by atoms with van der Waals surface area (Å²) in [5.74, 6) is 0. The quantitative estimate of drug-likeness (QED) is 0.841. The first-order valence-electron chi connectivity index (χ1n) is 5.87. The number of unbranched alkanes of at least 4 members (excludes halogenated alkanes) is 1. The second-order valence-electron chi connectivity index (χ2n) is 4.34. The van der Waals surface area contributed by atoms with Crippen molar-refractivity contribution in [2.45, 2.75) is 26.3 Å². The molecule has 0 amide bonds. The van der Waals surface area contributed by atoms with E-state index in [-0.39, 0.29) is 11.2 Å². The van der Waals surface area contributed by atoms with Crippen LogP contribution in [-0.4, -0.2) is 18.7 Å². The second-order valence-corrected chi connectivity index (χ2v) is 4.73. The Kier molecular flexibility index (Phi) is 3.25. The third-order valence-corrected chi connectivity index (χ3v) is 3.44. The lowest BCUT2D eigenvalue weighted by atomic mass is 10.3. The molecule has 2 aromatic rings. The molecule has 0 unspecified atom stereocenters. The fraction of sp³-hybridized carbons (Fsp3) is 0.545. The number of hydrogen-bond donors (Lipinski definition) is 1. The van der Waals surface area contributed by atoms with Crippen LogP contribution in [0.4, 0.5) is 0 Å². The number of hydrogen-bond acceptors (Lipinski definition) is 3. The Morgan fingerprint density at radius 3 is 2.50 bits per heavy atom. The van der Waals surface area contributed by atoms with Crippen LogP contribution in [0.25, 0.3) is 11.2 Å². The van der Waals surface area contributed by atoms with Crippen molar-refractivity contribution >= 4 is 23.4 Å². The van der Waals surface area contributed by atoms with Gasteiger partial charge in [0.15, 0.2) is 10.3 Å². The van der Waals surface area contributed by atoms with Gasteiger partial charge in [0.05, 0.1) is 0 Å². The van der Waals surface area contributed by atoms with Gasteiger partial charge in [-0.05, 0) is 18.6 Å². The van der Waals surface area contributed by atoms with Gasteiger partial charge in [0.1, 0.15) is 5.65 Å². The molecule has 0 aliphatic rings. The zero-order valence-electron chi connectivity index (χ0n) is 10.7. The van der Waals surface area contributed by atoms with E-state index in [1.807, 2.05) is 0 Å². The van der Waals surface area contributed by atoms with E-state index >= 15 is 0 Å². The summed E-state index contributed by atoms with van der Waals surface area (Å²) in [6, 6.07) is 0.